The highest BCUT2D eigenvalue weighted by atomic mass is 35.5. The minimum absolute atomic E-state index is 0.154. The molecule has 2 aromatic rings. The third-order valence-electron chi connectivity index (χ3n) is 6.59. The lowest BCUT2D eigenvalue weighted by Gasteiger charge is -2.22. The number of carbonyl (C=O) groups is 2. The molecule has 0 radical (unpaired) electrons. The molecule has 4 N–H and O–H groups in total. The first kappa shape index (κ1) is 29.3. The number of amidine groups is 1. The number of rotatable bonds is 3. The van der Waals surface area contributed by atoms with Crippen molar-refractivity contribution >= 4 is 46.6 Å². The molecule has 0 spiro atoms. The normalized spacial score (nSPS) is 20.9. The Morgan fingerprint density at radius 2 is 1.95 bits per heavy atom. The molecule has 2 atom stereocenters. The number of fused-ring (bicyclic) bond motifs is 4. The molecule has 40 heavy (non-hydrogen) atoms. The average molecular weight is 567 g/mol. The van der Waals surface area contributed by atoms with Crippen molar-refractivity contribution in [3.05, 3.63) is 64.7 Å². The lowest BCUT2D eigenvalue weighted by atomic mass is 10.0. The summed E-state index contributed by atoms with van der Waals surface area (Å²) in [6.07, 6.45) is 3.30. The Balaban J connectivity index is 1.52. The van der Waals surface area contributed by atoms with Crippen LogP contribution in [-0.2, 0) is 17.6 Å². The van der Waals surface area contributed by atoms with Crippen molar-refractivity contribution in [2.75, 3.05) is 29.0 Å². The van der Waals surface area contributed by atoms with Crippen LogP contribution >= 0.6 is 11.6 Å². The summed E-state index contributed by atoms with van der Waals surface area (Å²) >= 11 is 6.50. The molecule has 1 saturated heterocycles. The first-order valence-corrected chi connectivity index (χ1v) is 14.1. The van der Waals surface area contributed by atoms with E-state index in [-0.39, 0.29) is 18.2 Å². The quantitative estimate of drug-likeness (QED) is 0.347. The Morgan fingerprint density at radius 3 is 2.70 bits per heavy atom. The molecule has 10 heteroatoms. The van der Waals surface area contributed by atoms with Crippen LogP contribution in [0.25, 0.3) is 0 Å². The smallest absolute Gasteiger partial charge is 0.407 e. The zero-order valence-corrected chi connectivity index (χ0v) is 24.6. The van der Waals surface area contributed by atoms with Crippen molar-refractivity contribution in [3.63, 3.8) is 0 Å². The number of halogens is 1. The van der Waals surface area contributed by atoms with E-state index in [0.717, 1.165) is 35.5 Å². The second-order valence-electron chi connectivity index (χ2n) is 11.1. The van der Waals surface area contributed by atoms with Crippen LogP contribution in [0.1, 0.15) is 52.2 Å². The van der Waals surface area contributed by atoms with Gasteiger partial charge in [-0.25, -0.2) is 14.6 Å². The van der Waals surface area contributed by atoms with Gasteiger partial charge in [-0.05, 0) is 95.3 Å². The monoisotopic (exact) mass is 566 g/mol. The molecule has 2 aliphatic heterocycles. The molecular formula is C30H39ClN6O3. The number of urea groups is 1. The number of nitrogens with zero attached hydrogens (tertiary/aromatic N) is 2. The fraction of sp³-hybridized carbons (Fsp3) is 0.433. The third kappa shape index (κ3) is 8.14. The van der Waals surface area contributed by atoms with E-state index in [4.69, 9.17) is 21.3 Å². The highest BCUT2D eigenvalue weighted by Crippen LogP contribution is 2.26. The summed E-state index contributed by atoms with van der Waals surface area (Å²) in [6.45, 7) is 10.3. The average Bonchev–Trinajstić information content (AvgIpc) is 3.34. The van der Waals surface area contributed by atoms with E-state index in [9.17, 15) is 9.59 Å². The second kappa shape index (κ2) is 12.6. The predicted octanol–water partition coefficient (Wildman–Crippen LogP) is 6.33. The largest absolute Gasteiger partial charge is 0.444 e. The Kier molecular flexibility index (Phi) is 9.25. The van der Waals surface area contributed by atoms with Crippen molar-refractivity contribution in [1.82, 2.24) is 10.2 Å². The number of ether oxygens (including phenoxy) is 1. The number of nitrogens with one attached hydrogen (secondary N) is 4. The van der Waals surface area contributed by atoms with Gasteiger partial charge >= 0.3 is 12.1 Å². The molecule has 4 rings (SSSR count). The lowest BCUT2D eigenvalue weighted by Crippen LogP contribution is -2.42. The molecule has 0 aliphatic carbocycles. The van der Waals surface area contributed by atoms with Crippen molar-refractivity contribution in [3.8, 4) is 0 Å². The van der Waals surface area contributed by atoms with Gasteiger partial charge in [0.2, 0.25) is 0 Å². The summed E-state index contributed by atoms with van der Waals surface area (Å²) < 4.78 is 5.36. The van der Waals surface area contributed by atoms with Crippen molar-refractivity contribution in [1.29, 1.82) is 0 Å². The number of anilines is 3. The van der Waals surface area contributed by atoms with Crippen molar-refractivity contribution in [2.45, 2.75) is 71.7 Å². The number of alkyl carbamates (subject to hydrolysis) is 1. The Bertz CT molecular complexity index is 1300. The van der Waals surface area contributed by atoms with Gasteiger partial charge in [0.1, 0.15) is 17.6 Å². The van der Waals surface area contributed by atoms with Crippen LogP contribution in [0.15, 0.2) is 58.6 Å². The maximum Gasteiger partial charge on any atom is 0.407 e. The summed E-state index contributed by atoms with van der Waals surface area (Å²) in [5.74, 6) is 0.558. The fourth-order valence-corrected chi connectivity index (χ4v) is 4.82. The number of allylic oxidation sites excluding steroid dienone is 1. The molecule has 2 aliphatic rings. The third-order valence-corrected chi connectivity index (χ3v) is 6.99. The van der Waals surface area contributed by atoms with E-state index in [1.807, 2.05) is 65.0 Å². The van der Waals surface area contributed by atoms with E-state index in [0.29, 0.717) is 30.4 Å². The molecule has 9 nitrogen and oxygen atoms in total. The zero-order chi connectivity index (χ0) is 28.9. The van der Waals surface area contributed by atoms with Gasteiger partial charge in [-0.2, -0.15) is 0 Å². The number of hydrogen-bond donors (Lipinski definition) is 4. The van der Waals surface area contributed by atoms with Gasteiger partial charge in [-0.15, -0.1) is 0 Å². The summed E-state index contributed by atoms with van der Waals surface area (Å²) in [4.78, 5) is 31.9. The maximum atomic E-state index is 13.2. The van der Waals surface area contributed by atoms with Crippen LogP contribution in [0.5, 0.6) is 0 Å². The fourth-order valence-electron chi connectivity index (χ4n) is 4.72. The van der Waals surface area contributed by atoms with Gasteiger partial charge in [0.05, 0.1) is 11.1 Å². The minimum Gasteiger partial charge on any atom is -0.444 e. The van der Waals surface area contributed by atoms with Gasteiger partial charge in [-0.1, -0.05) is 29.8 Å². The number of aryl methyl sites for hydroxylation is 2. The van der Waals surface area contributed by atoms with Crippen LogP contribution in [0.4, 0.5) is 26.7 Å². The van der Waals surface area contributed by atoms with Gasteiger partial charge in [0.25, 0.3) is 0 Å². The minimum atomic E-state index is -0.574. The van der Waals surface area contributed by atoms with E-state index >= 15 is 0 Å². The highest BCUT2D eigenvalue weighted by Gasteiger charge is 2.29. The molecule has 2 aromatic carbocycles. The predicted molar refractivity (Wildman–Crippen MR) is 162 cm³/mol. The lowest BCUT2D eigenvalue weighted by molar-refractivity contribution is 0.0506. The molecule has 2 unspecified atom stereocenters. The van der Waals surface area contributed by atoms with Gasteiger partial charge < -0.3 is 30.9 Å². The molecule has 0 saturated carbocycles. The van der Waals surface area contributed by atoms with Crippen molar-refractivity contribution in [2.24, 2.45) is 4.99 Å². The van der Waals surface area contributed by atoms with E-state index in [2.05, 4.69) is 33.4 Å². The summed E-state index contributed by atoms with van der Waals surface area (Å²) in [5, 5.41) is 13.3. The highest BCUT2D eigenvalue weighted by molar-refractivity contribution is 6.45. The molecule has 0 aromatic heterocycles. The van der Waals surface area contributed by atoms with Crippen LogP contribution in [0, 0.1) is 0 Å². The number of carbonyl (C=O) groups excluding carboxylic acids is 2. The standard InChI is InChI=1S/C30H39ClN6O3/c1-6-25(31)27-33-19(2)32-22-9-7-8-20(16-22)10-11-21-17-23(34-27)12-13-26(21)36-28(38)37-15-14-24(18-37)35-29(39)40-30(3,4)5/h6-9,12-13,16-17,19,24,32H,10-11,14-15,18H2,1-5H3,(H,33,34)(H,35,39)(H,36,38)/b25-6+. The first-order valence-electron chi connectivity index (χ1n) is 13.7. The number of aliphatic imine (C=N–C) groups is 1. The van der Waals surface area contributed by atoms with E-state index < -0.39 is 11.7 Å². The summed E-state index contributed by atoms with van der Waals surface area (Å²) in [6, 6.07) is 13.8. The Hall–Kier alpha value is -3.72. The molecule has 214 valence electrons. The molecule has 1 fully saturated rings. The van der Waals surface area contributed by atoms with Crippen LogP contribution in [0.3, 0.4) is 0 Å². The van der Waals surface area contributed by atoms with Crippen LogP contribution in [-0.4, -0.2) is 53.8 Å². The molecule has 3 amide bonds. The zero-order valence-electron chi connectivity index (χ0n) is 23.8. The Labute approximate surface area is 241 Å². The van der Waals surface area contributed by atoms with Gasteiger partial charge in [0, 0.05) is 30.2 Å². The van der Waals surface area contributed by atoms with E-state index in [1.165, 1.54) is 5.56 Å². The van der Waals surface area contributed by atoms with Gasteiger partial charge in [-0.3, -0.25) is 0 Å². The summed E-state index contributed by atoms with van der Waals surface area (Å²) in [7, 11) is 0. The summed E-state index contributed by atoms with van der Waals surface area (Å²) in [5.41, 5.74) is 4.14. The molecular weight excluding hydrogens is 528 g/mol. The van der Waals surface area contributed by atoms with E-state index in [1.54, 1.807) is 11.0 Å². The van der Waals surface area contributed by atoms with Crippen LogP contribution < -0.4 is 21.3 Å². The first-order chi connectivity index (χ1) is 19.0. The van der Waals surface area contributed by atoms with Gasteiger partial charge in [0.15, 0.2) is 0 Å². The topological polar surface area (TPSA) is 107 Å². The second-order valence-corrected chi connectivity index (χ2v) is 11.5. The number of hydrogen-bond acceptors (Lipinski definition) is 6. The Morgan fingerprint density at radius 1 is 1.15 bits per heavy atom. The number of amides is 3. The maximum absolute atomic E-state index is 13.2. The molecule has 4 bridgehead atoms. The van der Waals surface area contributed by atoms with Crippen LogP contribution in [0.2, 0.25) is 0 Å². The molecule has 2 heterocycles. The SMILES string of the molecule is C/C=C(Cl)\C1=N/C(C)Nc2cccc(c2)CCc2cc(ccc2NC(=O)N2CCC(NC(=O)OC(C)(C)C)C2)N1. The number of benzene rings is 2. The van der Waals surface area contributed by atoms with Crippen molar-refractivity contribution < 1.29 is 14.3 Å². The number of likely N-dealkylation sites (tertiary alicyclic amines) is 1.